The average molecular weight is 391 g/mol. The zero-order valence-corrected chi connectivity index (χ0v) is 15.4. The van der Waals surface area contributed by atoms with E-state index in [0.29, 0.717) is 0 Å². The minimum absolute atomic E-state index is 0.0808. The summed E-state index contributed by atoms with van der Waals surface area (Å²) in [5.74, 6) is -0.869. The molecule has 0 saturated heterocycles. The van der Waals surface area contributed by atoms with Gasteiger partial charge in [0.1, 0.15) is 0 Å². The Kier molecular flexibility index (Phi) is 7.58. The van der Waals surface area contributed by atoms with E-state index in [1.54, 1.807) is 0 Å². The first kappa shape index (κ1) is 17.5. The molecule has 1 rings (SSSR count). The molecule has 0 N–H and O–H groups in total. The van der Waals surface area contributed by atoms with Gasteiger partial charge >= 0.3 is 125 Å². The summed E-state index contributed by atoms with van der Waals surface area (Å²) in [4.78, 5) is 24.1. The third-order valence-electron chi connectivity index (χ3n) is 3.24. The fourth-order valence-electron chi connectivity index (χ4n) is 2.15. The van der Waals surface area contributed by atoms with Gasteiger partial charge in [-0.1, -0.05) is 0 Å². The third kappa shape index (κ3) is 5.09. The van der Waals surface area contributed by atoms with E-state index in [-0.39, 0.29) is 12.2 Å². The molecule has 114 valence electrons. The summed E-state index contributed by atoms with van der Waals surface area (Å²) in [6, 6.07) is 0. The number of unbranched alkanes of at least 4 members (excludes halogenated alkanes) is 2. The summed E-state index contributed by atoms with van der Waals surface area (Å²) in [6.07, 6.45) is 5.08. The Morgan fingerprint density at radius 2 is 1.70 bits per heavy atom. The molecule has 0 aromatic carbocycles. The predicted octanol–water partition coefficient (Wildman–Crippen LogP) is 2.70. The van der Waals surface area contributed by atoms with E-state index in [0.717, 1.165) is 34.6 Å². The summed E-state index contributed by atoms with van der Waals surface area (Å²) in [7, 11) is 1.48. The van der Waals surface area contributed by atoms with Crippen molar-refractivity contribution in [3.63, 3.8) is 0 Å². The van der Waals surface area contributed by atoms with E-state index in [4.69, 9.17) is 10.9 Å². The summed E-state index contributed by atoms with van der Waals surface area (Å²) >= 11 is -3.63. The van der Waals surface area contributed by atoms with Crippen LogP contribution in [0.3, 0.4) is 0 Å². The van der Waals surface area contributed by atoms with Gasteiger partial charge < -0.3 is 0 Å². The maximum absolute atomic E-state index is 12.1. The number of carbonyl (C=O) groups excluding carboxylic acids is 2. The van der Waals surface area contributed by atoms with Gasteiger partial charge in [0.25, 0.3) is 0 Å². The Morgan fingerprint density at radius 3 is 2.20 bits per heavy atom. The molecule has 0 spiro atoms. The van der Waals surface area contributed by atoms with Crippen molar-refractivity contribution in [2.24, 2.45) is 0 Å². The van der Waals surface area contributed by atoms with Crippen LogP contribution in [0.5, 0.6) is 0 Å². The second-order valence-electron chi connectivity index (χ2n) is 5.03. The van der Waals surface area contributed by atoms with Crippen LogP contribution >= 0.6 is 0 Å². The first-order valence-electron chi connectivity index (χ1n) is 7.22. The second kappa shape index (κ2) is 8.67. The van der Waals surface area contributed by atoms with Gasteiger partial charge in [-0.05, 0) is 0 Å². The quantitative estimate of drug-likeness (QED) is 0.596. The van der Waals surface area contributed by atoms with Crippen molar-refractivity contribution in [2.75, 3.05) is 13.7 Å². The number of hydrogen-bond acceptors (Lipinski definition) is 5. The molecule has 20 heavy (non-hydrogen) atoms. The Bertz CT molecular complexity index is 370. The molecule has 0 fully saturated rings. The van der Waals surface area contributed by atoms with Gasteiger partial charge in [-0.15, -0.1) is 0 Å². The molecule has 6 heteroatoms. The van der Waals surface area contributed by atoms with Crippen LogP contribution in [0.15, 0.2) is 11.6 Å². The van der Waals surface area contributed by atoms with Gasteiger partial charge in [-0.2, -0.15) is 0 Å². The Hall–Kier alpha value is -0.561. The van der Waals surface area contributed by atoms with Crippen LogP contribution in [-0.2, 0) is 20.5 Å². The number of ether oxygens (including phenoxy) is 1. The maximum atomic E-state index is 12.1. The molecule has 0 aromatic rings. The number of carbonyl (C=O) groups is 2. The van der Waals surface area contributed by atoms with E-state index in [2.05, 4.69) is 13.8 Å². The van der Waals surface area contributed by atoms with Crippen molar-refractivity contribution in [3.05, 3.63) is 11.6 Å². The Labute approximate surface area is 125 Å². The average Bonchev–Trinajstić information content (AvgIpc) is 2.53. The van der Waals surface area contributed by atoms with Crippen LogP contribution in [0.1, 0.15) is 39.5 Å². The summed E-state index contributed by atoms with van der Waals surface area (Å²) in [6.45, 7) is 4.24. The second-order valence-corrected chi connectivity index (χ2v) is 14.2. The topological polar surface area (TPSA) is 61.8 Å². The minimum atomic E-state index is -3.63. The van der Waals surface area contributed by atoms with Gasteiger partial charge in [-0.3, -0.25) is 0 Å². The molecular weight excluding hydrogens is 367 g/mol. The van der Waals surface area contributed by atoms with Crippen LogP contribution in [0.25, 0.3) is 0 Å². The molecule has 1 aliphatic rings. The van der Waals surface area contributed by atoms with E-state index >= 15 is 0 Å². The van der Waals surface area contributed by atoms with E-state index in [9.17, 15) is 9.59 Å². The Balaban J connectivity index is 2.91. The molecule has 0 atom stereocenters. The number of hydrogen-bond donors (Lipinski definition) is 0. The molecule has 0 bridgehead atoms. The van der Waals surface area contributed by atoms with Gasteiger partial charge in [0.15, 0.2) is 0 Å². The third-order valence-corrected chi connectivity index (χ3v) is 12.8. The van der Waals surface area contributed by atoms with Crippen LogP contribution in [0.4, 0.5) is 0 Å². The summed E-state index contributed by atoms with van der Waals surface area (Å²) in [5, 5.41) is 0. The SMILES string of the molecule is CCC[CH2][Sn]1([CH2]CCC)[O]C(=O)C=C(COC)C(=O)[O]1. The van der Waals surface area contributed by atoms with Crippen molar-refractivity contribution in [3.8, 4) is 0 Å². The fraction of sp³-hybridized carbons (Fsp3) is 0.714. The van der Waals surface area contributed by atoms with Gasteiger partial charge in [0, 0.05) is 0 Å². The molecule has 1 heterocycles. The number of methoxy groups -OCH3 is 1. The van der Waals surface area contributed by atoms with E-state index in [1.807, 2.05) is 0 Å². The summed E-state index contributed by atoms with van der Waals surface area (Å²) < 4.78 is 17.8. The van der Waals surface area contributed by atoms with E-state index in [1.165, 1.54) is 13.2 Å². The van der Waals surface area contributed by atoms with Crippen molar-refractivity contribution < 1.29 is 20.5 Å². The van der Waals surface area contributed by atoms with Crippen molar-refractivity contribution in [1.29, 1.82) is 0 Å². The van der Waals surface area contributed by atoms with Crippen molar-refractivity contribution in [1.82, 2.24) is 0 Å². The first-order chi connectivity index (χ1) is 9.56. The molecule has 5 nitrogen and oxygen atoms in total. The predicted molar refractivity (Wildman–Crippen MR) is 77.3 cm³/mol. The first-order valence-corrected chi connectivity index (χ1v) is 13.6. The molecule has 0 aliphatic carbocycles. The zero-order chi connectivity index (χ0) is 15.0. The normalized spacial score (nSPS) is 18.1. The van der Waals surface area contributed by atoms with Crippen LogP contribution in [0.2, 0.25) is 8.87 Å². The zero-order valence-electron chi connectivity index (χ0n) is 12.6. The monoisotopic (exact) mass is 392 g/mol. The van der Waals surface area contributed by atoms with Crippen LogP contribution in [-0.4, -0.2) is 44.9 Å². The van der Waals surface area contributed by atoms with Gasteiger partial charge in [0.2, 0.25) is 0 Å². The van der Waals surface area contributed by atoms with Gasteiger partial charge in [0.05, 0.1) is 0 Å². The fourth-order valence-corrected chi connectivity index (χ4v) is 11.8. The van der Waals surface area contributed by atoms with Crippen LogP contribution < -0.4 is 0 Å². The molecule has 1 aliphatic heterocycles. The number of rotatable bonds is 8. The Morgan fingerprint density at radius 1 is 1.10 bits per heavy atom. The van der Waals surface area contributed by atoms with Crippen LogP contribution in [0, 0.1) is 0 Å². The van der Waals surface area contributed by atoms with Gasteiger partial charge in [-0.25, -0.2) is 0 Å². The standard InChI is InChI=1S/C6H8O5.2C4H9.Sn/c1-11-3-4(6(9)10)2-5(7)8;2*1-3-4-2;/h2H,3H2,1H3,(H,7,8)(H,9,10);2*1,3-4H2,2H3;/q;;;+2/p-2. The molecule has 0 unspecified atom stereocenters. The van der Waals surface area contributed by atoms with Crippen molar-refractivity contribution in [2.45, 2.75) is 48.4 Å². The molecule has 0 aromatic heterocycles. The molecular formula is C14H24O5Sn. The molecule has 0 saturated carbocycles. The molecule has 0 radical (unpaired) electrons. The van der Waals surface area contributed by atoms with Crippen molar-refractivity contribution >= 4 is 31.1 Å². The van der Waals surface area contributed by atoms with E-state index < -0.39 is 31.1 Å². The molecule has 0 amide bonds. The summed E-state index contributed by atoms with van der Waals surface area (Å²) in [5.41, 5.74) is 0.254.